The molecule has 6 nitrogen and oxygen atoms in total. The van der Waals surface area contributed by atoms with E-state index < -0.39 is 0 Å². The molecule has 3 heterocycles. The number of aromatic nitrogens is 1. The van der Waals surface area contributed by atoms with Crippen molar-refractivity contribution in [1.29, 1.82) is 0 Å². The monoisotopic (exact) mass is 344 g/mol. The van der Waals surface area contributed by atoms with E-state index in [1.807, 2.05) is 19.1 Å². The first-order valence-electron chi connectivity index (χ1n) is 7.95. The van der Waals surface area contributed by atoms with Crippen molar-refractivity contribution in [3.8, 4) is 0 Å². The summed E-state index contributed by atoms with van der Waals surface area (Å²) in [5, 5.41) is 5.92. The first-order valence-corrected chi connectivity index (χ1v) is 8.77. The smallest absolute Gasteiger partial charge is 0.321 e. The number of carbonyl (C=O) groups is 2. The van der Waals surface area contributed by atoms with Crippen LogP contribution in [-0.4, -0.2) is 41.0 Å². The number of aryl methyl sites for hydroxylation is 1. The third-order valence-corrected chi connectivity index (χ3v) is 5.01. The highest BCUT2D eigenvalue weighted by Crippen LogP contribution is 2.17. The van der Waals surface area contributed by atoms with Crippen LogP contribution in [0.3, 0.4) is 0 Å². The molecule has 1 aliphatic rings. The lowest BCUT2D eigenvalue weighted by Crippen LogP contribution is -2.47. The minimum atomic E-state index is -0.111. The lowest BCUT2D eigenvalue weighted by Gasteiger charge is -2.32. The number of thiophene rings is 1. The van der Waals surface area contributed by atoms with Crippen LogP contribution in [0.4, 0.5) is 10.5 Å². The molecule has 126 valence electrons. The third kappa shape index (κ3) is 4.11. The van der Waals surface area contributed by atoms with Gasteiger partial charge >= 0.3 is 6.03 Å². The average molecular weight is 344 g/mol. The lowest BCUT2D eigenvalue weighted by atomic mass is 10.1. The zero-order valence-electron chi connectivity index (χ0n) is 13.5. The highest BCUT2D eigenvalue weighted by Gasteiger charge is 2.24. The Hall–Kier alpha value is -2.41. The Morgan fingerprint density at radius 1 is 1.17 bits per heavy atom. The first kappa shape index (κ1) is 16.4. The molecular formula is C17H20N4O2S. The molecule has 1 saturated heterocycles. The SMILES string of the molecule is Cc1ccc(C(=O)NC2CCN(C(=O)Nc3ccncc3)CC2)s1. The van der Waals surface area contributed by atoms with Gasteiger partial charge in [0.25, 0.3) is 5.91 Å². The minimum absolute atomic E-state index is 0.0206. The zero-order valence-corrected chi connectivity index (χ0v) is 14.3. The summed E-state index contributed by atoms with van der Waals surface area (Å²) < 4.78 is 0. The first-order chi connectivity index (χ1) is 11.6. The van der Waals surface area contributed by atoms with E-state index in [9.17, 15) is 9.59 Å². The van der Waals surface area contributed by atoms with Crippen LogP contribution in [0.25, 0.3) is 0 Å². The molecule has 1 fully saturated rings. The molecule has 3 amide bonds. The molecule has 2 aromatic heterocycles. The van der Waals surface area contributed by atoms with Crippen LogP contribution in [-0.2, 0) is 0 Å². The Kier molecular flexibility index (Phi) is 5.10. The van der Waals surface area contributed by atoms with Crippen molar-refractivity contribution in [2.45, 2.75) is 25.8 Å². The molecule has 0 bridgehead atoms. The van der Waals surface area contributed by atoms with Crippen LogP contribution in [0, 0.1) is 6.92 Å². The highest BCUT2D eigenvalue weighted by molar-refractivity contribution is 7.13. The second kappa shape index (κ2) is 7.44. The van der Waals surface area contributed by atoms with E-state index in [-0.39, 0.29) is 18.0 Å². The Morgan fingerprint density at radius 2 is 1.88 bits per heavy atom. The van der Waals surface area contributed by atoms with Crippen LogP contribution in [0.15, 0.2) is 36.7 Å². The lowest BCUT2D eigenvalue weighted by molar-refractivity contribution is 0.0923. The van der Waals surface area contributed by atoms with E-state index in [1.54, 1.807) is 29.4 Å². The van der Waals surface area contributed by atoms with Crippen LogP contribution in [0.2, 0.25) is 0 Å². The van der Waals surface area contributed by atoms with Crippen molar-refractivity contribution in [1.82, 2.24) is 15.2 Å². The summed E-state index contributed by atoms with van der Waals surface area (Å²) >= 11 is 1.50. The molecule has 0 aliphatic carbocycles. The fraction of sp³-hybridized carbons (Fsp3) is 0.353. The second-order valence-corrected chi connectivity index (χ2v) is 7.10. The number of hydrogen-bond acceptors (Lipinski definition) is 4. The number of likely N-dealkylation sites (tertiary alicyclic amines) is 1. The van der Waals surface area contributed by atoms with Gasteiger partial charge in [0.2, 0.25) is 0 Å². The van der Waals surface area contributed by atoms with Crippen molar-refractivity contribution in [3.05, 3.63) is 46.4 Å². The molecular weight excluding hydrogens is 324 g/mol. The summed E-state index contributed by atoms with van der Waals surface area (Å²) in [6.45, 7) is 3.25. The predicted octanol–water partition coefficient (Wildman–Crippen LogP) is 2.88. The summed E-state index contributed by atoms with van der Waals surface area (Å²) in [5.74, 6) is -0.0206. The van der Waals surface area contributed by atoms with Gasteiger partial charge in [-0.25, -0.2) is 4.79 Å². The fourth-order valence-corrected chi connectivity index (χ4v) is 3.45. The van der Waals surface area contributed by atoms with Gasteiger partial charge in [0.1, 0.15) is 0 Å². The molecule has 0 saturated carbocycles. The summed E-state index contributed by atoms with van der Waals surface area (Å²) in [5.41, 5.74) is 0.735. The van der Waals surface area contributed by atoms with E-state index >= 15 is 0 Å². The van der Waals surface area contributed by atoms with Crippen molar-refractivity contribution in [3.63, 3.8) is 0 Å². The zero-order chi connectivity index (χ0) is 16.9. The molecule has 0 unspecified atom stereocenters. The number of pyridine rings is 1. The van der Waals surface area contributed by atoms with E-state index in [0.717, 1.165) is 28.3 Å². The summed E-state index contributed by atoms with van der Waals surface area (Å²) in [6, 6.07) is 7.32. The molecule has 0 spiro atoms. The van der Waals surface area contributed by atoms with Gasteiger partial charge in [0, 0.05) is 42.1 Å². The highest BCUT2D eigenvalue weighted by atomic mass is 32.1. The van der Waals surface area contributed by atoms with E-state index in [4.69, 9.17) is 0 Å². The van der Waals surface area contributed by atoms with Gasteiger partial charge in [0.15, 0.2) is 0 Å². The number of urea groups is 1. The number of piperidine rings is 1. The molecule has 1 aliphatic heterocycles. The van der Waals surface area contributed by atoms with Crippen LogP contribution < -0.4 is 10.6 Å². The third-order valence-electron chi connectivity index (χ3n) is 4.01. The van der Waals surface area contributed by atoms with Crippen LogP contribution >= 0.6 is 11.3 Å². The van der Waals surface area contributed by atoms with E-state index in [2.05, 4.69) is 15.6 Å². The standard InChI is InChI=1S/C17H20N4O2S/c1-12-2-3-15(24-12)16(22)19-14-6-10-21(11-7-14)17(23)20-13-4-8-18-9-5-13/h2-5,8-9,14H,6-7,10-11H2,1H3,(H,19,22)(H,18,20,23). The van der Waals surface area contributed by atoms with Gasteiger partial charge in [0.05, 0.1) is 4.88 Å². The number of amides is 3. The number of carbonyl (C=O) groups excluding carboxylic acids is 2. The quantitative estimate of drug-likeness (QED) is 0.899. The van der Waals surface area contributed by atoms with Crippen molar-refractivity contribution >= 4 is 29.0 Å². The number of anilines is 1. The normalized spacial score (nSPS) is 15.1. The number of rotatable bonds is 3. The molecule has 0 atom stereocenters. The van der Waals surface area contributed by atoms with Crippen molar-refractivity contribution in [2.24, 2.45) is 0 Å². The molecule has 2 aromatic rings. The van der Waals surface area contributed by atoms with Gasteiger partial charge in [-0.15, -0.1) is 11.3 Å². The maximum atomic E-state index is 12.2. The number of nitrogens with one attached hydrogen (secondary N) is 2. The number of nitrogens with zero attached hydrogens (tertiary/aromatic N) is 2. The predicted molar refractivity (Wildman–Crippen MR) is 94.4 cm³/mol. The second-order valence-electron chi connectivity index (χ2n) is 5.81. The largest absolute Gasteiger partial charge is 0.348 e. The van der Waals surface area contributed by atoms with E-state index in [1.165, 1.54) is 11.3 Å². The maximum Gasteiger partial charge on any atom is 0.321 e. The van der Waals surface area contributed by atoms with Crippen molar-refractivity contribution < 1.29 is 9.59 Å². The Morgan fingerprint density at radius 3 is 2.50 bits per heavy atom. The van der Waals surface area contributed by atoms with Gasteiger partial charge in [-0.2, -0.15) is 0 Å². The Labute approximate surface area is 144 Å². The van der Waals surface area contributed by atoms with Gasteiger partial charge in [-0.3, -0.25) is 9.78 Å². The van der Waals surface area contributed by atoms with Crippen LogP contribution in [0.1, 0.15) is 27.4 Å². The number of hydrogen-bond donors (Lipinski definition) is 2. The molecule has 2 N–H and O–H groups in total. The maximum absolute atomic E-state index is 12.2. The Balaban J connectivity index is 1.47. The van der Waals surface area contributed by atoms with Gasteiger partial charge < -0.3 is 15.5 Å². The summed E-state index contributed by atoms with van der Waals surface area (Å²) in [7, 11) is 0. The van der Waals surface area contributed by atoms with Crippen LogP contribution in [0.5, 0.6) is 0 Å². The summed E-state index contributed by atoms with van der Waals surface area (Å²) in [6.07, 6.45) is 4.81. The van der Waals surface area contributed by atoms with Crippen molar-refractivity contribution in [2.75, 3.05) is 18.4 Å². The molecule has 0 radical (unpaired) electrons. The molecule has 24 heavy (non-hydrogen) atoms. The molecule has 3 rings (SSSR count). The van der Waals surface area contributed by atoms with E-state index in [0.29, 0.717) is 13.1 Å². The van der Waals surface area contributed by atoms with Gasteiger partial charge in [-0.05, 0) is 44.0 Å². The minimum Gasteiger partial charge on any atom is -0.348 e. The molecule has 0 aromatic carbocycles. The Bertz CT molecular complexity index is 708. The molecule has 7 heteroatoms. The average Bonchev–Trinajstić information content (AvgIpc) is 3.03. The summed E-state index contributed by atoms with van der Waals surface area (Å²) in [4.78, 5) is 32.0. The van der Waals surface area contributed by atoms with Gasteiger partial charge in [-0.1, -0.05) is 0 Å². The topological polar surface area (TPSA) is 74.3 Å². The fourth-order valence-electron chi connectivity index (χ4n) is 2.68.